The monoisotopic (exact) mass is 347 g/mol. The molecule has 2 heterocycles. The molecule has 1 aromatic rings. The number of hydrogen-bond donors (Lipinski definition) is 0. The van der Waals surface area contributed by atoms with Crippen molar-refractivity contribution in [3.8, 4) is 0 Å². The first-order valence-corrected chi connectivity index (χ1v) is 8.80. The van der Waals surface area contributed by atoms with Gasteiger partial charge in [0.05, 0.1) is 24.5 Å². The summed E-state index contributed by atoms with van der Waals surface area (Å²) >= 11 is 1.31. The molecular weight excluding hydrogens is 326 g/mol. The predicted octanol–water partition coefficient (Wildman–Crippen LogP) is 3.39. The number of carbonyl (C=O) groups excluding carboxylic acids is 3. The van der Waals surface area contributed by atoms with E-state index in [0.717, 1.165) is 10.4 Å². The quantitative estimate of drug-likeness (QED) is 0.467. The van der Waals surface area contributed by atoms with Gasteiger partial charge in [0.25, 0.3) is 0 Å². The second-order valence-electron chi connectivity index (χ2n) is 6.65. The molecule has 2 aliphatic rings. The van der Waals surface area contributed by atoms with E-state index in [1.54, 1.807) is 0 Å². The second kappa shape index (κ2) is 5.84. The van der Waals surface area contributed by atoms with Crippen LogP contribution in [0.3, 0.4) is 0 Å². The summed E-state index contributed by atoms with van der Waals surface area (Å²) in [7, 11) is 1.31. The number of thiophene rings is 1. The van der Waals surface area contributed by atoms with Crippen molar-refractivity contribution in [2.45, 2.75) is 40.5 Å². The lowest BCUT2D eigenvalue weighted by Crippen LogP contribution is -2.31. The van der Waals surface area contributed by atoms with E-state index in [-0.39, 0.29) is 23.7 Å². The molecule has 6 heteroatoms. The number of imide groups is 1. The van der Waals surface area contributed by atoms with Crippen molar-refractivity contribution in [3.63, 3.8) is 0 Å². The summed E-state index contributed by atoms with van der Waals surface area (Å²) in [6.45, 7) is 7.73. The minimum Gasteiger partial charge on any atom is -0.465 e. The third-order valence-corrected chi connectivity index (χ3v) is 6.49. The lowest BCUT2D eigenvalue weighted by Gasteiger charge is -2.23. The minimum absolute atomic E-state index is 0.191. The largest absolute Gasteiger partial charge is 0.465 e. The van der Waals surface area contributed by atoms with Crippen LogP contribution in [0.4, 0.5) is 5.00 Å². The number of ether oxygens (including phenoxy) is 1. The summed E-state index contributed by atoms with van der Waals surface area (Å²) in [6.07, 6.45) is 1.24. The average Bonchev–Trinajstić information content (AvgIpc) is 2.95. The summed E-state index contributed by atoms with van der Waals surface area (Å²) in [6, 6.07) is 0. The minimum atomic E-state index is -0.507. The van der Waals surface area contributed by atoms with Crippen molar-refractivity contribution in [1.82, 2.24) is 0 Å². The van der Waals surface area contributed by atoms with Gasteiger partial charge in [-0.2, -0.15) is 0 Å². The number of carbonyl (C=O) groups is 3. The number of aryl methyl sites for hydroxylation is 1. The molecule has 0 bridgehead atoms. The molecule has 2 unspecified atom stereocenters. The highest BCUT2D eigenvalue weighted by Gasteiger charge is 2.51. The molecule has 1 aliphatic heterocycles. The van der Waals surface area contributed by atoms with E-state index in [9.17, 15) is 14.4 Å². The van der Waals surface area contributed by atoms with Gasteiger partial charge in [-0.3, -0.25) is 9.59 Å². The summed E-state index contributed by atoms with van der Waals surface area (Å²) in [5.41, 5.74) is 3.47. The van der Waals surface area contributed by atoms with Gasteiger partial charge in [0.1, 0.15) is 5.00 Å². The number of anilines is 1. The molecule has 0 aromatic carbocycles. The zero-order valence-electron chi connectivity index (χ0n) is 14.6. The molecular formula is C18H21NO4S. The Hall–Kier alpha value is -1.95. The maximum absolute atomic E-state index is 12.9. The van der Waals surface area contributed by atoms with Gasteiger partial charge in [0.15, 0.2) is 0 Å². The third-order valence-electron chi connectivity index (χ3n) is 5.30. The van der Waals surface area contributed by atoms with Gasteiger partial charge < -0.3 is 4.74 Å². The maximum atomic E-state index is 12.9. The second-order valence-corrected chi connectivity index (χ2v) is 7.85. The van der Waals surface area contributed by atoms with E-state index in [0.29, 0.717) is 23.4 Å². The van der Waals surface area contributed by atoms with E-state index in [4.69, 9.17) is 4.74 Å². The number of methoxy groups -OCH3 is 1. The van der Waals surface area contributed by atoms with Gasteiger partial charge >= 0.3 is 5.97 Å². The van der Waals surface area contributed by atoms with Crippen LogP contribution in [0, 0.1) is 25.7 Å². The van der Waals surface area contributed by atoms with Crippen molar-refractivity contribution >= 4 is 34.1 Å². The molecule has 1 saturated heterocycles. The number of amides is 2. The van der Waals surface area contributed by atoms with E-state index >= 15 is 0 Å². The Morgan fingerprint density at radius 2 is 1.54 bits per heavy atom. The number of nitrogens with zero attached hydrogens (tertiary/aromatic N) is 1. The fourth-order valence-corrected chi connectivity index (χ4v) is 4.72. The Morgan fingerprint density at radius 3 is 2.00 bits per heavy atom. The number of esters is 1. The summed E-state index contributed by atoms with van der Waals surface area (Å²) in [4.78, 5) is 40.2. The first kappa shape index (κ1) is 16.9. The van der Waals surface area contributed by atoms with E-state index in [1.165, 1.54) is 34.5 Å². The van der Waals surface area contributed by atoms with Crippen LogP contribution >= 0.6 is 11.3 Å². The van der Waals surface area contributed by atoms with Gasteiger partial charge in [-0.05, 0) is 46.1 Å². The van der Waals surface area contributed by atoms with Crippen LogP contribution in [0.2, 0.25) is 0 Å². The molecule has 2 atom stereocenters. The van der Waals surface area contributed by atoms with Crippen LogP contribution in [-0.2, 0) is 14.3 Å². The first-order chi connectivity index (χ1) is 11.3. The zero-order valence-corrected chi connectivity index (χ0v) is 15.4. The Balaban J connectivity index is 2.07. The molecule has 3 rings (SSSR count). The number of allylic oxidation sites excluding steroid dienone is 2. The van der Waals surface area contributed by atoms with Crippen molar-refractivity contribution in [2.75, 3.05) is 12.0 Å². The number of rotatable bonds is 2. The normalized spacial score (nSPS) is 23.8. The molecule has 5 nitrogen and oxygen atoms in total. The van der Waals surface area contributed by atoms with Gasteiger partial charge in [-0.15, -0.1) is 11.3 Å². The van der Waals surface area contributed by atoms with E-state index in [1.807, 2.05) is 27.7 Å². The van der Waals surface area contributed by atoms with Crippen molar-refractivity contribution in [3.05, 3.63) is 27.2 Å². The first-order valence-electron chi connectivity index (χ1n) is 7.99. The van der Waals surface area contributed by atoms with Gasteiger partial charge in [-0.25, -0.2) is 9.69 Å². The van der Waals surface area contributed by atoms with Crippen molar-refractivity contribution in [1.29, 1.82) is 0 Å². The SMILES string of the molecule is COC(=O)c1c(N2C(=O)C3CC(C)=C(C)CC3C2=O)sc(C)c1C. The van der Waals surface area contributed by atoms with Crippen molar-refractivity contribution in [2.24, 2.45) is 11.8 Å². The fourth-order valence-electron chi connectivity index (χ4n) is 3.56. The number of fused-ring (bicyclic) bond motifs is 1. The van der Waals surface area contributed by atoms with Crippen LogP contribution in [0.15, 0.2) is 11.1 Å². The molecule has 1 fully saturated rings. The van der Waals surface area contributed by atoms with Gasteiger partial charge in [-0.1, -0.05) is 11.1 Å². The van der Waals surface area contributed by atoms with Gasteiger partial charge in [0, 0.05) is 4.88 Å². The smallest absolute Gasteiger partial charge is 0.341 e. The lowest BCUT2D eigenvalue weighted by molar-refractivity contribution is -0.122. The average molecular weight is 347 g/mol. The van der Waals surface area contributed by atoms with E-state index in [2.05, 4.69) is 0 Å². The molecule has 0 radical (unpaired) electrons. The highest BCUT2D eigenvalue weighted by molar-refractivity contribution is 7.17. The molecule has 0 N–H and O–H groups in total. The van der Waals surface area contributed by atoms with Crippen molar-refractivity contribution < 1.29 is 19.1 Å². The zero-order chi connectivity index (χ0) is 17.8. The molecule has 0 spiro atoms. The summed E-state index contributed by atoms with van der Waals surface area (Å²) in [5, 5.41) is 0.413. The van der Waals surface area contributed by atoms with Crippen LogP contribution < -0.4 is 4.90 Å². The maximum Gasteiger partial charge on any atom is 0.341 e. The van der Waals surface area contributed by atoms with Crippen LogP contribution in [0.5, 0.6) is 0 Å². The van der Waals surface area contributed by atoms with Crippen LogP contribution in [-0.4, -0.2) is 24.9 Å². The molecule has 0 saturated carbocycles. The predicted molar refractivity (Wildman–Crippen MR) is 92.2 cm³/mol. The molecule has 2 amide bonds. The third kappa shape index (κ3) is 2.32. The highest BCUT2D eigenvalue weighted by Crippen LogP contribution is 2.45. The Morgan fingerprint density at radius 1 is 1.04 bits per heavy atom. The Labute approximate surface area is 145 Å². The lowest BCUT2D eigenvalue weighted by atomic mass is 9.78. The van der Waals surface area contributed by atoms with Crippen LogP contribution in [0.25, 0.3) is 0 Å². The fraction of sp³-hybridized carbons (Fsp3) is 0.500. The standard InChI is InChI=1S/C18H21NO4S/c1-8-6-12-13(7-9(8)2)16(21)19(15(12)20)17-14(18(22)23-5)10(3)11(4)24-17/h12-13H,6-7H2,1-5H3. The van der Waals surface area contributed by atoms with Gasteiger partial charge in [0.2, 0.25) is 11.8 Å². The van der Waals surface area contributed by atoms with Crippen LogP contribution in [0.1, 0.15) is 47.5 Å². The molecule has 128 valence electrons. The Kier molecular flexibility index (Phi) is 4.11. The topological polar surface area (TPSA) is 63.7 Å². The Bertz CT molecular complexity index is 757. The molecule has 1 aromatic heterocycles. The highest BCUT2D eigenvalue weighted by atomic mass is 32.1. The number of hydrogen-bond acceptors (Lipinski definition) is 5. The summed E-state index contributed by atoms with van der Waals surface area (Å²) < 4.78 is 4.86. The van der Waals surface area contributed by atoms with E-state index < -0.39 is 5.97 Å². The molecule has 1 aliphatic carbocycles. The molecule has 24 heavy (non-hydrogen) atoms. The summed E-state index contributed by atoms with van der Waals surface area (Å²) in [5.74, 6) is -1.51.